The molecule has 0 radical (unpaired) electrons. The Labute approximate surface area is 246 Å². The second-order valence-corrected chi connectivity index (χ2v) is 25.2. The van der Waals surface area contributed by atoms with Gasteiger partial charge in [0, 0.05) is 0 Å². The maximum absolute atomic E-state index is 14.6. The highest BCUT2D eigenvalue weighted by molar-refractivity contribution is 6.83. The predicted octanol–water partition coefficient (Wildman–Crippen LogP) is 8.52. The Morgan fingerprint density at radius 3 is 1.65 bits per heavy atom. The van der Waals surface area contributed by atoms with E-state index < -0.39 is 28.7 Å². The fraction of sp³-hybridized carbons (Fsp3) is 0.750. The molecule has 2 fully saturated rings. The monoisotopic (exact) mass is 588 g/mol. The van der Waals surface area contributed by atoms with Crippen molar-refractivity contribution >= 4 is 28.6 Å². The van der Waals surface area contributed by atoms with Gasteiger partial charge in [0.2, 0.25) is 14.2 Å². The van der Waals surface area contributed by atoms with Crippen molar-refractivity contribution in [3.8, 4) is 0 Å². The number of hydrogen-bond acceptors (Lipinski definition) is 4. The van der Waals surface area contributed by atoms with Gasteiger partial charge in [-0.05, 0) is 45.7 Å². The van der Waals surface area contributed by atoms with Crippen molar-refractivity contribution in [1.29, 1.82) is 0 Å². The van der Waals surface area contributed by atoms with E-state index >= 15 is 0 Å². The van der Waals surface area contributed by atoms with Crippen LogP contribution in [0.2, 0.25) is 33.2 Å². The summed E-state index contributed by atoms with van der Waals surface area (Å²) >= 11 is 0. The van der Waals surface area contributed by atoms with Crippen molar-refractivity contribution in [2.75, 3.05) is 6.61 Å². The van der Waals surface area contributed by atoms with Crippen LogP contribution in [0.25, 0.3) is 0 Å². The van der Waals surface area contributed by atoms with Crippen molar-refractivity contribution in [2.24, 2.45) is 0 Å². The van der Waals surface area contributed by atoms with Crippen LogP contribution in [0.1, 0.15) is 102 Å². The summed E-state index contributed by atoms with van der Waals surface area (Å²) in [5, 5.41) is 0. The number of nitrogens with zero attached hydrogens (tertiary/aromatic N) is 2. The van der Waals surface area contributed by atoms with Crippen LogP contribution in [0, 0.1) is 0 Å². The summed E-state index contributed by atoms with van der Waals surface area (Å²) in [5.41, 5.74) is 3.37. The number of ether oxygens (including phenoxy) is 1. The van der Waals surface area contributed by atoms with Crippen LogP contribution in [0.3, 0.4) is 0 Å². The fourth-order valence-electron chi connectivity index (χ4n) is 9.00. The molecule has 0 aromatic heterocycles. The molecule has 8 heteroatoms. The first kappa shape index (κ1) is 32.9. The molecule has 0 N–H and O–H groups in total. The van der Waals surface area contributed by atoms with Crippen LogP contribution in [-0.4, -0.2) is 62.8 Å². The van der Waals surface area contributed by atoms with Gasteiger partial charge in [-0.25, -0.2) is 4.79 Å². The number of β-lactam (4-membered cyclic amide) rings is 1. The van der Waals surface area contributed by atoms with Gasteiger partial charge in [-0.15, -0.1) is 0 Å². The van der Waals surface area contributed by atoms with Gasteiger partial charge >= 0.3 is 6.09 Å². The van der Waals surface area contributed by atoms with Crippen molar-refractivity contribution < 1.29 is 18.8 Å². The zero-order valence-corrected chi connectivity index (χ0v) is 29.4. The van der Waals surface area contributed by atoms with Gasteiger partial charge < -0.3 is 13.7 Å². The van der Waals surface area contributed by atoms with Crippen LogP contribution in [0.4, 0.5) is 4.79 Å². The van der Waals surface area contributed by atoms with Gasteiger partial charge in [0.25, 0.3) is 0 Å². The predicted molar refractivity (Wildman–Crippen MR) is 169 cm³/mol. The van der Waals surface area contributed by atoms with E-state index in [2.05, 4.69) is 94.6 Å². The van der Waals surface area contributed by atoms with Crippen molar-refractivity contribution in [2.45, 2.75) is 147 Å². The molecule has 2 saturated heterocycles. The average molecular weight is 589 g/mol. The smallest absolute Gasteiger partial charge is 0.411 e. The summed E-state index contributed by atoms with van der Waals surface area (Å²) in [6, 6.07) is 8.92. The van der Waals surface area contributed by atoms with Gasteiger partial charge in [-0.3, -0.25) is 9.69 Å². The number of rotatable bonds is 12. The maximum Gasteiger partial charge on any atom is 0.411 e. The van der Waals surface area contributed by atoms with E-state index in [1.54, 1.807) is 4.90 Å². The average Bonchev–Trinajstić information content (AvgIpc) is 3.23. The van der Waals surface area contributed by atoms with Gasteiger partial charge in [0.15, 0.2) is 8.24 Å². The van der Waals surface area contributed by atoms with Crippen LogP contribution < -0.4 is 0 Å². The minimum Gasteiger partial charge on any atom is -0.447 e. The maximum atomic E-state index is 14.6. The third-order valence-corrected chi connectivity index (χ3v) is 23.4. The highest BCUT2D eigenvalue weighted by Crippen LogP contribution is 2.52. The quantitative estimate of drug-likeness (QED) is 0.181. The largest absolute Gasteiger partial charge is 0.447 e. The molecule has 0 aliphatic carbocycles. The Balaban J connectivity index is 2.18. The fourth-order valence-corrected chi connectivity index (χ4v) is 21.7. The lowest BCUT2D eigenvalue weighted by atomic mass is 9.91. The molecule has 1 aromatic carbocycles. The molecular formula is C32H56N2O4Si2. The second kappa shape index (κ2) is 12.3. The zero-order valence-electron chi connectivity index (χ0n) is 27.4. The molecule has 2 aliphatic rings. The Bertz CT molecular complexity index is 983. The summed E-state index contributed by atoms with van der Waals surface area (Å²) in [4.78, 5) is 29.7. The first-order chi connectivity index (χ1) is 18.6. The summed E-state index contributed by atoms with van der Waals surface area (Å²) in [5.74, 6) is 0.0777. The number of benzene rings is 1. The summed E-state index contributed by atoms with van der Waals surface area (Å²) in [7, 11) is -4.62. The molecule has 2 heterocycles. The minimum atomic E-state index is -2.37. The van der Waals surface area contributed by atoms with Crippen LogP contribution in [0.15, 0.2) is 30.3 Å². The van der Waals surface area contributed by atoms with E-state index in [4.69, 9.17) is 9.16 Å². The molecule has 226 valence electrons. The second-order valence-electron chi connectivity index (χ2n) is 14.0. The van der Waals surface area contributed by atoms with Gasteiger partial charge in [-0.1, -0.05) is 113 Å². The number of hydrogen-bond donors (Lipinski definition) is 0. The molecule has 0 unspecified atom stereocenters. The molecule has 40 heavy (non-hydrogen) atoms. The lowest BCUT2D eigenvalue weighted by molar-refractivity contribution is -0.155. The Hall–Kier alpha value is -1.65. The molecule has 2 aliphatic heterocycles. The van der Waals surface area contributed by atoms with E-state index in [1.807, 2.05) is 30.3 Å². The molecule has 3 rings (SSSR count). The lowest BCUT2D eigenvalue weighted by Gasteiger charge is -2.64. The van der Waals surface area contributed by atoms with Crippen LogP contribution in [-0.2, 0) is 14.0 Å². The first-order valence-corrected chi connectivity index (χ1v) is 19.9. The molecule has 0 bridgehead atoms. The third kappa shape index (κ3) is 5.10. The topological polar surface area (TPSA) is 59.1 Å². The SMILES string of the molecule is CC(C)[Si](O[C@@H](C)[C@@H]1[C@@H](N2C(=O)OC[C@@H]2c2ccccc2)C(=O)N1[Si](C(C)C)(C(C)C)C(C)C)(C(C)C)C(C)C. The van der Waals surface area contributed by atoms with Crippen molar-refractivity contribution in [3.05, 3.63) is 35.9 Å². The highest BCUT2D eigenvalue weighted by Gasteiger charge is 2.66. The van der Waals surface area contributed by atoms with E-state index in [0.29, 0.717) is 33.2 Å². The van der Waals surface area contributed by atoms with Crippen molar-refractivity contribution in [3.63, 3.8) is 0 Å². The zero-order chi connectivity index (χ0) is 30.3. The molecule has 0 spiro atoms. The summed E-state index contributed by atoms with van der Waals surface area (Å²) in [6.45, 7) is 30.0. The van der Waals surface area contributed by atoms with Crippen LogP contribution >= 0.6 is 0 Å². The third-order valence-electron chi connectivity index (χ3n) is 10.3. The Morgan fingerprint density at radius 2 is 1.23 bits per heavy atom. The molecule has 2 amide bonds. The number of amides is 2. The molecule has 4 atom stereocenters. The number of cyclic esters (lactones) is 1. The summed E-state index contributed by atoms with van der Waals surface area (Å²) in [6.07, 6.45) is -0.593. The lowest BCUT2D eigenvalue weighted by Crippen LogP contribution is -2.83. The van der Waals surface area contributed by atoms with Crippen molar-refractivity contribution in [1.82, 2.24) is 9.47 Å². The standard InChI is InChI=1S/C32H56N2O4Si2/c1-20(2)39(21(3)4,22(5)6)34-29(26(13)38-40(23(7)8,24(9)10)25(11)12)30(31(34)35)33-28(19-37-32(33)36)27-17-15-14-16-18-27/h14-18,20-26,28-30H,19H2,1-13H3/t26-,28+,29+,30+/m0/s1. The van der Waals surface area contributed by atoms with E-state index in [1.165, 1.54) is 0 Å². The van der Waals surface area contributed by atoms with Gasteiger partial charge in [0.1, 0.15) is 12.6 Å². The number of carbonyl (C=O) groups is 2. The van der Waals surface area contributed by atoms with E-state index in [0.717, 1.165) is 5.56 Å². The summed E-state index contributed by atoms with van der Waals surface area (Å²) < 4.78 is 15.3. The molecule has 1 aromatic rings. The Morgan fingerprint density at radius 1 is 0.750 bits per heavy atom. The molecule has 6 nitrogen and oxygen atoms in total. The highest BCUT2D eigenvalue weighted by atomic mass is 28.4. The molecule has 0 saturated carbocycles. The van der Waals surface area contributed by atoms with Gasteiger partial charge in [-0.2, -0.15) is 0 Å². The van der Waals surface area contributed by atoms with Crippen LogP contribution in [0.5, 0.6) is 0 Å². The molecular weight excluding hydrogens is 533 g/mol. The normalized spacial score (nSPS) is 23.3. The van der Waals surface area contributed by atoms with E-state index in [-0.39, 0.29) is 30.7 Å². The Kier molecular flexibility index (Phi) is 10.1. The first-order valence-electron chi connectivity index (χ1n) is 15.6. The number of carbonyl (C=O) groups excluding carboxylic acids is 2. The minimum absolute atomic E-state index is 0.0777. The van der Waals surface area contributed by atoms with E-state index in [9.17, 15) is 9.59 Å². The van der Waals surface area contributed by atoms with Gasteiger partial charge in [0.05, 0.1) is 18.2 Å².